The Morgan fingerprint density at radius 1 is 1.44 bits per heavy atom. The van der Waals surface area contributed by atoms with Crippen LogP contribution < -0.4 is 0 Å². The van der Waals surface area contributed by atoms with Crippen LogP contribution in [-0.2, 0) is 34.4 Å². The van der Waals surface area contributed by atoms with Crippen LogP contribution in [0.1, 0.15) is 46.8 Å². The van der Waals surface area contributed by atoms with Gasteiger partial charge < -0.3 is 14.7 Å². The first kappa shape index (κ1) is 23.2. The highest BCUT2D eigenvalue weighted by Gasteiger charge is 2.48. The number of hydrogen-bond acceptors (Lipinski definition) is 6. The van der Waals surface area contributed by atoms with Crippen molar-refractivity contribution in [3.63, 3.8) is 0 Å². The second-order valence-electron chi connectivity index (χ2n) is 8.82. The molecule has 2 aliphatic heterocycles. The number of rotatable bonds is 4. The molecule has 7 nitrogen and oxygen atoms in total. The molecular weight excluding hydrogens is 445 g/mol. The molecule has 0 saturated carbocycles. The van der Waals surface area contributed by atoms with E-state index in [1.807, 2.05) is 13.1 Å². The van der Waals surface area contributed by atoms with E-state index in [0.717, 1.165) is 11.6 Å². The van der Waals surface area contributed by atoms with Crippen molar-refractivity contribution in [2.75, 3.05) is 27.2 Å². The zero-order valence-corrected chi connectivity index (χ0v) is 19.0. The Bertz CT molecular complexity index is 989. The Morgan fingerprint density at radius 3 is 2.84 bits per heavy atom. The Labute approximate surface area is 188 Å². The lowest BCUT2D eigenvalue weighted by molar-refractivity contribution is -0.139. The van der Waals surface area contributed by atoms with Crippen molar-refractivity contribution >= 4 is 17.2 Å². The van der Waals surface area contributed by atoms with Gasteiger partial charge in [-0.25, -0.2) is 0 Å². The zero-order chi connectivity index (χ0) is 23.3. The summed E-state index contributed by atoms with van der Waals surface area (Å²) < 4.78 is 47.6. The maximum Gasteiger partial charge on any atom is 0.425 e. The Hall–Kier alpha value is -1.95. The number of aromatic nitrogens is 2. The van der Waals surface area contributed by atoms with E-state index < -0.39 is 22.8 Å². The SMILES string of the molecule is C[C@H]1C[C@@]2(CCN1Cc1cnn(CC(=O)N(C)C)c1)OC[C@@H](O)c1cc(C(F)(F)F)sc12. The number of likely N-dealkylation sites (N-methyl/N-ethyl adjacent to an activating group) is 1. The predicted octanol–water partition coefficient (Wildman–Crippen LogP) is 3.00. The van der Waals surface area contributed by atoms with Crippen LogP contribution >= 0.6 is 11.3 Å². The fourth-order valence-corrected chi connectivity index (χ4v) is 5.72. The standard InChI is InChI=1S/C21H27F3N4O3S/c1-13-7-20(19-15(16(29)12-31-20)6-17(32-19)21(22,23)24)4-5-27(13)9-14-8-25-28(10-14)11-18(30)26(2)3/h6,8,10,13,16,29H,4-5,7,9,11-12H2,1-3H3/t13-,16+,20+/m0/s1. The van der Waals surface area contributed by atoms with E-state index in [9.17, 15) is 23.1 Å². The van der Waals surface area contributed by atoms with Crippen molar-refractivity contribution in [1.29, 1.82) is 0 Å². The molecule has 1 fully saturated rings. The summed E-state index contributed by atoms with van der Waals surface area (Å²) in [7, 11) is 3.39. The second-order valence-corrected chi connectivity index (χ2v) is 9.87. The summed E-state index contributed by atoms with van der Waals surface area (Å²) >= 11 is 0.692. The van der Waals surface area contributed by atoms with E-state index in [1.165, 1.54) is 4.90 Å². The monoisotopic (exact) mass is 472 g/mol. The minimum atomic E-state index is -4.44. The molecule has 1 saturated heterocycles. The number of fused-ring (bicyclic) bond motifs is 2. The molecule has 1 amide bonds. The van der Waals surface area contributed by atoms with Crippen molar-refractivity contribution in [2.45, 2.75) is 56.8 Å². The van der Waals surface area contributed by atoms with Crippen LogP contribution in [0, 0.1) is 0 Å². The third kappa shape index (κ3) is 4.43. The highest BCUT2D eigenvalue weighted by molar-refractivity contribution is 7.12. The van der Waals surface area contributed by atoms with Crippen molar-refractivity contribution in [2.24, 2.45) is 0 Å². The molecule has 1 N–H and O–H groups in total. The molecule has 176 valence electrons. The van der Waals surface area contributed by atoms with Gasteiger partial charge in [0.1, 0.15) is 23.1 Å². The van der Waals surface area contributed by atoms with Gasteiger partial charge in [-0.3, -0.25) is 14.4 Å². The summed E-state index contributed by atoms with van der Waals surface area (Å²) in [5, 5.41) is 14.5. The topological polar surface area (TPSA) is 70.8 Å². The highest BCUT2D eigenvalue weighted by Crippen LogP contribution is 2.51. The maximum atomic E-state index is 13.3. The van der Waals surface area contributed by atoms with Gasteiger partial charge in [-0.05, 0) is 25.8 Å². The van der Waals surface area contributed by atoms with Crippen molar-refractivity contribution in [3.05, 3.63) is 39.3 Å². The minimum absolute atomic E-state index is 0.000421. The summed E-state index contributed by atoms with van der Waals surface area (Å²) in [5.74, 6) is -0.0467. The molecule has 1 spiro atoms. The van der Waals surface area contributed by atoms with Gasteiger partial charge in [0, 0.05) is 55.4 Å². The molecule has 4 rings (SSSR count). The number of aliphatic hydroxyl groups is 1. The van der Waals surface area contributed by atoms with Gasteiger partial charge in [-0.15, -0.1) is 11.3 Å². The average Bonchev–Trinajstić information content (AvgIpc) is 3.35. The number of likely N-dealkylation sites (tertiary alicyclic amines) is 1. The number of alkyl halides is 3. The Kier molecular flexibility index (Phi) is 6.12. The van der Waals surface area contributed by atoms with Gasteiger partial charge in [-0.2, -0.15) is 18.3 Å². The molecule has 3 atom stereocenters. The van der Waals surface area contributed by atoms with Crippen LogP contribution in [0.5, 0.6) is 0 Å². The molecule has 2 aromatic heterocycles. The van der Waals surface area contributed by atoms with Crippen LogP contribution in [0.25, 0.3) is 0 Å². The van der Waals surface area contributed by atoms with E-state index in [0.29, 0.717) is 47.7 Å². The normalized spacial score (nSPS) is 26.3. The molecule has 4 heterocycles. The summed E-state index contributed by atoms with van der Waals surface area (Å²) in [4.78, 5) is 15.4. The lowest BCUT2D eigenvalue weighted by atomic mass is 9.81. The quantitative estimate of drug-likeness (QED) is 0.741. The van der Waals surface area contributed by atoms with Crippen LogP contribution in [0.4, 0.5) is 13.2 Å². The summed E-state index contributed by atoms with van der Waals surface area (Å²) in [6, 6.07) is 1.13. The van der Waals surface area contributed by atoms with E-state index >= 15 is 0 Å². The fourth-order valence-electron chi connectivity index (χ4n) is 4.46. The second kappa shape index (κ2) is 8.44. The molecule has 0 aromatic carbocycles. The van der Waals surface area contributed by atoms with Crippen LogP contribution in [0.2, 0.25) is 0 Å². The molecule has 32 heavy (non-hydrogen) atoms. The van der Waals surface area contributed by atoms with Gasteiger partial charge in [0.25, 0.3) is 0 Å². The Morgan fingerprint density at radius 2 is 2.19 bits per heavy atom. The number of carbonyl (C=O) groups excluding carboxylic acids is 1. The molecule has 0 bridgehead atoms. The first-order valence-corrected chi connectivity index (χ1v) is 11.3. The molecule has 11 heteroatoms. The van der Waals surface area contributed by atoms with Gasteiger partial charge in [0.2, 0.25) is 5.91 Å². The number of carbonyl (C=O) groups is 1. The van der Waals surface area contributed by atoms with Crippen LogP contribution in [-0.4, -0.2) is 63.9 Å². The van der Waals surface area contributed by atoms with Crippen molar-refractivity contribution < 1.29 is 27.8 Å². The number of nitrogens with zero attached hydrogens (tertiary/aromatic N) is 4. The van der Waals surface area contributed by atoms with Gasteiger partial charge in [0.05, 0.1) is 12.8 Å². The highest BCUT2D eigenvalue weighted by atomic mass is 32.1. The number of amides is 1. The lowest BCUT2D eigenvalue weighted by Gasteiger charge is -2.47. The Balaban J connectivity index is 1.47. The summed E-state index contributed by atoms with van der Waals surface area (Å²) in [5.41, 5.74) is 0.512. The number of hydrogen-bond donors (Lipinski definition) is 1. The van der Waals surface area contributed by atoms with Gasteiger partial charge >= 0.3 is 6.18 Å². The van der Waals surface area contributed by atoms with E-state index in [-0.39, 0.29) is 25.1 Å². The molecule has 0 unspecified atom stereocenters. The summed E-state index contributed by atoms with van der Waals surface area (Å²) in [6.45, 7) is 3.47. The summed E-state index contributed by atoms with van der Waals surface area (Å²) in [6.07, 6.45) is -0.810. The van der Waals surface area contributed by atoms with Gasteiger partial charge in [-0.1, -0.05) is 0 Å². The number of aliphatic hydroxyl groups excluding tert-OH is 1. The predicted molar refractivity (Wildman–Crippen MR) is 112 cm³/mol. The maximum absolute atomic E-state index is 13.3. The fraction of sp³-hybridized carbons (Fsp3) is 0.619. The third-order valence-electron chi connectivity index (χ3n) is 6.25. The molecule has 2 aliphatic rings. The van der Waals surface area contributed by atoms with Crippen LogP contribution in [0.3, 0.4) is 0 Å². The van der Waals surface area contributed by atoms with E-state index in [1.54, 1.807) is 25.0 Å². The smallest absolute Gasteiger partial charge is 0.386 e. The van der Waals surface area contributed by atoms with Gasteiger partial charge in [0.15, 0.2) is 0 Å². The first-order chi connectivity index (χ1) is 15.0. The number of ether oxygens (including phenoxy) is 1. The number of halogens is 3. The average molecular weight is 473 g/mol. The first-order valence-electron chi connectivity index (χ1n) is 10.5. The zero-order valence-electron chi connectivity index (χ0n) is 18.2. The number of piperidine rings is 1. The number of thiophene rings is 1. The van der Waals surface area contributed by atoms with Crippen molar-refractivity contribution in [3.8, 4) is 0 Å². The lowest BCUT2D eigenvalue weighted by Crippen LogP contribution is -2.50. The molecular formula is C21H27F3N4O3S. The molecule has 0 radical (unpaired) electrons. The molecule has 0 aliphatic carbocycles. The van der Waals surface area contributed by atoms with Crippen molar-refractivity contribution in [1.82, 2.24) is 19.6 Å². The largest absolute Gasteiger partial charge is 0.425 e. The third-order valence-corrected chi connectivity index (χ3v) is 7.63. The molecule has 2 aromatic rings. The van der Waals surface area contributed by atoms with E-state index in [4.69, 9.17) is 4.74 Å². The van der Waals surface area contributed by atoms with Crippen LogP contribution in [0.15, 0.2) is 18.5 Å². The minimum Gasteiger partial charge on any atom is -0.386 e. The van der Waals surface area contributed by atoms with E-state index in [2.05, 4.69) is 10.00 Å².